The first-order valence-corrected chi connectivity index (χ1v) is 6.18. The van der Waals surface area contributed by atoms with Crippen LogP contribution in [-0.2, 0) is 6.42 Å². The Bertz CT molecular complexity index is 657. The van der Waals surface area contributed by atoms with Crippen LogP contribution in [0.1, 0.15) is 17.2 Å². The molecule has 21 heavy (non-hydrogen) atoms. The number of nitrogens with one attached hydrogen (secondary N) is 1. The predicted octanol–water partition coefficient (Wildman–Crippen LogP) is 3.89. The van der Waals surface area contributed by atoms with E-state index in [9.17, 15) is 22.0 Å². The van der Waals surface area contributed by atoms with Crippen molar-refractivity contribution in [2.24, 2.45) is 0 Å². The van der Waals surface area contributed by atoms with Crippen molar-refractivity contribution in [3.8, 4) is 0 Å². The fraction of sp³-hybridized carbons (Fsp3) is 0.200. The van der Waals surface area contributed by atoms with Crippen molar-refractivity contribution in [1.82, 2.24) is 5.32 Å². The monoisotopic (exact) mass is 301 g/mol. The molecule has 0 aliphatic heterocycles. The Morgan fingerprint density at radius 3 is 2.14 bits per heavy atom. The van der Waals surface area contributed by atoms with Crippen LogP contribution in [0.25, 0.3) is 0 Å². The van der Waals surface area contributed by atoms with E-state index in [4.69, 9.17) is 0 Å². The molecule has 0 aliphatic rings. The summed E-state index contributed by atoms with van der Waals surface area (Å²) in [6.07, 6.45) is -0.0371. The van der Waals surface area contributed by atoms with Gasteiger partial charge < -0.3 is 5.32 Å². The molecule has 112 valence electrons. The van der Waals surface area contributed by atoms with Crippen LogP contribution >= 0.6 is 0 Å². The molecule has 0 saturated carbocycles. The second kappa shape index (κ2) is 6.22. The molecule has 0 bridgehead atoms. The number of halogens is 5. The molecule has 0 aliphatic carbocycles. The van der Waals surface area contributed by atoms with Crippen LogP contribution in [0.4, 0.5) is 22.0 Å². The molecule has 1 nitrogen and oxygen atoms in total. The van der Waals surface area contributed by atoms with Crippen LogP contribution < -0.4 is 5.32 Å². The lowest BCUT2D eigenvalue weighted by Gasteiger charge is -2.18. The Morgan fingerprint density at radius 2 is 1.52 bits per heavy atom. The van der Waals surface area contributed by atoms with Crippen LogP contribution in [-0.4, -0.2) is 7.05 Å². The molecule has 0 saturated heterocycles. The summed E-state index contributed by atoms with van der Waals surface area (Å²) in [5, 5.41) is 2.71. The van der Waals surface area contributed by atoms with E-state index >= 15 is 0 Å². The minimum Gasteiger partial charge on any atom is -0.313 e. The van der Waals surface area contributed by atoms with Gasteiger partial charge in [0.05, 0.1) is 0 Å². The second-order valence-electron chi connectivity index (χ2n) is 4.57. The van der Waals surface area contributed by atoms with Crippen molar-refractivity contribution in [3.05, 3.63) is 70.5 Å². The molecule has 0 radical (unpaired) electrons. The average Bonchev–Trinajstić information content (AvgIpc) is 2.43. The molecule has 1 N–H and O–H groups in total. The van der Waals surface area contributed by atoms with E-state index in [2.05, 4.69) is 5.32 Å². The first-order chi connectivity index (χ1) is 9.92. The molecule has 0 fully saturated rings. The van der Waals surface area contributed by atoms with Crippen molar-refractivity contribution < 1.29 is 22.0 Å². The van der Waals surface area contributed by atoms with Gasteiger partial charge in [-0.3, -0.25) is 0 Å². The number of benzene rings is 2. The van der Waals surface area contributed by atoms with Gasteiger partial charge >= 0.3 is 0 Å². The number of hydrogen-bond acceptors (Lipinski definition) is 1. The number of rotatable bonds is 4. The molecule has 0 aromatic heterocycles. The highest BCUT2D eigenvalue weighted by molar-refractivity contribution is 5.27. The van der Waals surface area contributed by atoms with E-state index in [-0.39, 0.29) is 17.5 Å². The zero-order chi connectivity index (χ0) is 15.6. The van der Waals surface area contributed by atoms with Crippen molar-refractivity contribution in [2.75, 3.05) is 7.05 Å². The summed E-state index contributed by atoms with van der Waals surface area (Å²) in [6, 6.07) is 3.41. The maximum absolute atomic E-state index is 13.7. The highest BCUT2D eigenvalue weighted by Crippen LogP contribution is 2.24. The fourth-order valence-electron chi connectivity index (χ4n) is 2.08. The minimum atomic E-state index is -1.29. The quantitative estimate of drug-likeness (QED) is 0.667. The number of hydrogen-bond donors (Lipinski definition) is 1. The smallest absolute Gasteiger partial charge is 0.161 e. The van der Waals surface area contributed by atoms with Crippen molar-refractivity contribution >= 4 is 0 Å². The molecule has 2 rings (SSSR count). The third-order valence-corrected chi connectivity index (χ3v) is 3.20. The van der Waals surface area contributed by atoms with Gasteiger partial charge in [0.25, 0.3) is 0 Å². The largest absolute Gasteiger partial charge is 0.313 e. The van der Waals surface area contributed by atoms with Crippen LogP contribution in [0.5, 0.6) is 0 Å². The molecule has 1 atom stereocenters. The molecule has 6 heteroatoms. The topological polar surface area (TPSA) is 12.0 Å². The van der Waals surface area contributed by atoms with Gasteiger partial charge in [-0.05, 0) is 31.2 Å². The highest BCUT2D eigenvalue weighted by Gasteiger charge is 2.19. The van der Waals surface area contributed by atoms with Gasteiger partial charge in [-0.1, -0.05) is 6.07 Å². The summed E-state index contributed by atoms with van der Waals surface area (Å²) >= 11 is 0. The first-order valence-electron chi connectivity index (χ1n) is 6.18. The van der Waals surface area contributed by atoms with Gasteiger partial charge in [0.1, 0.15) is 17.5 Å². The van der Waals surface area contributed by atoms with Gasteiger partial charge in [0.15, 0.2) is 11.6 Å². The van der Waals surface area contributed by atoms with E-state index in [1.807, 2.05) is 0 Å². The van der Waals surface area contributed by atoms with Crippen molar-refractivity contribution in [3.63, 3.8) is 0 Å². The highest BCUT2D eigenvalue weighted by atomic mass is 19.2. The van der Waals surface area contributed by atoms with Gasteiger partial charge in [-0.25, -0.2) is 22.0 Å². The Hall–Kier alpha value is -1.95. The normalized spacial score (nSPS) is 12.5. The molecule has 1 unspecified atom stereocenters. The lowest BCUT2D eigenvalue weighted by molar-refractivity contribution is 0.471. The Balaban J connectivity index is 2.34. The zero-order valence-electron chi connectivity index (χ0n) is 11.1. The summed E-state index contributed by atoms with van der Waals surface area (Å²) in [4.78, 5) is 0. The predicted molar refractivity (Wildman–Crippen MR) is 68.2 cm³/mol. The summed E-state index contributed by atoms with van der Waals surface area (Å²) in [5.41, 5.74) is 0.0139. The minimum absolute atomic E-state index is 0.0371. The van der Waals surface area contributed by atoms with Crippen molar-refractivity contribution in [1.29, 1.82) is 0 Å². The number of likely N-dealkylation sites (N-methyl/N-ethyl adjacent to an activating group) is 1. The van der Waals surface area contributed by atoms with Crippen LogP contribution in [0.3, 0.4) is 0 Å². The Labute approximate surface area is 118 Å². The maximum atomic E-state index is 13.7. The summed E-state index contributed by atoms with van der Waals surface area (Å²) in [5.74, 6) is -4.92. The van der Waals surface area contributed by atoms with E-state index in [1.165, 1.54) is 13.1 Å². The van der Waals surface area contributed by atoms with E-state index in [1.54, 1.807) is 0 Å². The average molecular weight is 301 g/mol. The second-order valence-corrected chi connectivity index (χ2v) is 4.57. The third-order valence-electron chi connectivity index (χ3n) is 3.20. The van der Waals surface area contributed by atoms with Gasteiger partial charge in [0.2, 0.25) is 0 Å². The lowest BCUT2D eigenvalue weighted by atomic mass is 9.98. The Morgan fingerprint density at radius 1 is 0.857 bits per heavy atom. The van der Waals surface area contributed by atoms with E-state index in [0.717, 1.165) is 12.1 Å². The van der Waals surface area contributed by atoms with E-state index in [0.29, 0.717) is 12.1 Å². The SMILES string of the molecule is CNC(Cc1ccc(F)cc1F)c1cc(F)c(F)cc1F. The molecule has 2 aromatic carbocycles. The fourth-order valence-corrected chi connectivity index (χ4v) is 2.08. The van der Waals surface area contributed by atoms with Gasteiger partial charge in [-0.2, -0.15) is 0 Å². The summed E-state index contributed by atoms with van der Waals surface area (Å²) < 4.78 is 66.3. The third kappa shape index (κ3) is 3.39. The molecular formula is C15H12F5N. The Kier molecular flexibility index (Phi) is 4.57. The van der Waals surface area contributed by atoms with Crippen molar-refractivity contribution in [2.45, 2.75) is 12.5 Å². The molecular weight excluding hydrogens is 289 g/mol. The van der Waals surface area contributed by atoms with Gasteiger partial charge in [0, 0.05) is 23.7 Å². The molecule has 2 aromatic rings. The zero-order valence-corrected chi connectivity index (χ0v) is 11.1. The molecule has 0 spiro atoms. The van der Waals surface area contributed by atoms with Gasteiger partial charge in [-0.15, -0.1) is 0 Å². The van der Waals surface area contributed by atoms with Crippen LogP contribution in [0, 0.1) is 29.1 Å². The first kappa shape index (κ1) is 15.4. The van der Waals surface area contributed by atoms with E-state index < -0.39 is 35.1 Å². The summed E-state index contributed by atoms with van der Waals surface area (Å²) in [7, 11) is 1.48. The molecule has 0 amide bonds. The van der Waals surface area contributed by atoms with Crippen LogP contribution in [0.2, 0.25) is 0 Å². The maximum Gasteiger partial charge on any atom is 0.161 e. The standard InChI is InChI=1S/C15H12F5N/c1-21-15(4-8-2-3-9(16)5-11(8)17)10-6-13(19)14(20)7-12(10)18/h2-3,5-7,15,21H,4H2,1H3. The molecule has 0 heterocycles. The summed E-state index contributed by atoms with van der Waals surface area (Å²) in [6.45, 7) is 0. The lowest BCUT2D eigenvalue weighted by Crippen LogP contribution is -2.21. The van der Waals surface area contributed by atoms with Crippen LogP contribution in [0.15, 0.2) is 30.3 Å².